The summed E-state index contributed by atoms with van der Waals surface area (Å²) in [7, 11) is 0. The lowest BCUT2D eigenvalue weighted by Crippen LogP contribution is -2.57. The van der Waals surface area contributed by atoms with Gasteiger partial charge in [-0.3, -0.25) is 19.2 Å². The van der Waals surface area contributed by atoms with Crippen molar-refractivity contribution in [2.24, 2.45) is 11.5 Å². The van der Waals surface area contributed by atoms with E-state index < -0.39 is 55.0 Å². The monoisotopic (exact) mass is 453 g/mol. The van der Waals surface area contributed by atoms with Crippen molar-refractivity contribution in [1.82, 2.24) is 16.0 Å². The second kappa shape index (κ2) is 14.0. The molecule has 0 aliphatic carbocycles. The molecule has 178 valence electrons. The molecule has 0 saturated heterocycles. The van der Waals surface area contributed by atoms with Crippen LogP contribution in [0.3, 0.4) is 0 Å². The van der Waals surface area contributed by atoms with E-state index in [9.17, 15) is 29.4 Å². The number of carboxylic acid groups (broad SMARTS) is 1. The van der Waals surface area contributed by atoms with Crippen LogP contribution in [0.4, 0.5) is 0 Å². The molecule has 32 heavy (non-hydrogen) atoms. The van der Waals surface area contributed by atoms with Crippen LogP contribution in [0.1, 0.15) is 24.8 Å². The third-order valence-corrected chi connectivity index (χ3v) is 4.54. The number of nitrogens with one attached hydrogen (secondary N) is 3. The predicted octanol–water partition coefficient (Wildman–Crippen LogP) is -2.45. The van der Waals surface area contributed by atoms with Gasteiger partial charge in [0.25, 0.3) is 0 Å². The lowest BCUT2D eigenvalue weighted by molar-refractivity contribution is -0.139. The highest BCUT2D eigenvalue weighted by Gasteiger charge is 2.28. The lowest BCUT2D eigenvalue weighted by atomic mass is 10.0. The molecule has 0 aromatic heterocycles. The number of hydrogen-bond acceptors (Lipinski definition) is 8. The smallest absolute Gasteiger partial charge is 0.322 e. The molecule has 1 aromatic carbocycles. The molecule has 0 fully saturated rings. The molecule has 0 saturated carbocycles. The summed E-state index contributed by atoms with van der Waals surface area (Å²) < 4.78 is 0. The Hall–Kier alpha value is -3.22. The Morgan fingerprint density at radius 2 is 1.56 bits per heavy atom. The zero-order valence-electron chi connectivity index (χ0n) is 17.6. The van der Waals surface area contributed by atoms with Gasteiger partial charge in [-0.2, -0.15) is 0 Å². The molecule has 3 unspecified atom stereocenters. The van der Waals surface area contributed by atoms with Crippen LogP contribution in [0.5, 0.6) is 5.75 Å². The van der Waals surface area contributed by atoms with Gasteiger partial charge in [-0.15, -0.1) is 0 Å². The third kappa shape index (κ3) is 9.73. The van der Waals surface area contributed by atoms with E-state index in [0.29, 0.717) is 31.4 Å². The fourth-order valence-corrected chi connectivity index (χ4v) is 2.75. The molecule has 0 heterocycles. The Kier molecular flexibility index (Phi) is 11.7. The van der Waals surface area contributed by atoms with Crippen molar-refractivity contribution in [1.29, 1.82) is 0 Å². The average Bonchev–Trinajstić information content (AvgIpc) is 2.76. The van der Waals surface area contributed by atoms with E-state index >= 15 is 0 Å². The highest BCUT2D eigenvalue weighted by Crippen LogP contribution is 2.12. The molecule has 0 spiro atoms. The molecule has 3 atom stereocenters. The van der Waals surface area contributed by atoms with Crippen LogP contribution in [0.2, 0.25) is 0 Å². The average molecular weight is 453 g/mol. The van der Waals surface area contributed by atoms with Crippen molar-refractivity contribution in [3.8, 4) is 5.75 Å². The number of phenolic OH excluding ortho intramolecular Hbond substituents is 1. The second-order valence-electron chi connectivity index (χ2n) is 7.18. The van der Waals surface area contributed by atoms with Gasteiger partial charge in [0.15, 0.2) is 0 Å². The predicted molar refractivity (Wildman–Crippen MR) is 114 cm³/mol. The molecule has 0 aliphatic rings. The first-order chi connectivity index (χ1) is 15.2. The number of carbonyl (C=O) groups excluding carboxylic acids is 3. The largest absolute Gasteiger partial charge is 0.508 e. The standard InChI is InChI=1S/C20H31N5O7/c21-8-2-1-3-14(22)18(30)24-15(9-12-4-6-13(27)7-5-12)20(32)25-16(11-26)19(31)23-10-17(28)29/h4-7,14-16,26-27H,1-3,8-11,21-22H2,(H,23,31)(H,24,30)(H,25,32)(H,28,29). The summed E-state index contributed by atoms with van der Waals surface area (Å²) in [4.78, 5) is 47.9. The maximum absolute atomic E-state index is 12.8. The van der Waals surface area contributed by atoms with Crippen molar-refractivity contribution in [2.75, 3.05) is 19.7 Å². The van der Waals surface area contributed by atoms with Crippen LogP contribution in [-0.2, 0) is 25.6 Å². The number of aliphatic carboxylic acids is 1. The first-order valence-corrected chi connectivity index (χ1v) is 10.1. The number of rotatable bonds is 14. The molecule has 12 heteroatoms. The molecule has 1 rings (SSSR count). The van der Waals surface area contributed by atoms with Gasteiger partial charge in [-0.1, -0.05) is 18.6 Å². The van der Waals surface area contributed by atoms with Gasteiger partial charge in [0.05, 0.1) is 12.6 Å². The SMILES string of the molecule is NCCCCC(N)C(=O)NC(Cc1ccc(O)cc1)C(=O)NC(CO)C(=O)NCC(=O)O. The van der Waals surface area contributed by atoms with Crippen molar-refractivity contribution >= 4 is 23.7 Å². The molecule has 0 bridgehead atoms. The summed E-state index contributed by atoms with van der Waals surface area (Å²) in [6, 6.07) is 2.52. The van der Waals surface area contributed by atoms with Crippen molar-refractivity contribution in [2.45, 2.75) is 43.8 Å². The Labute approximate surface area is 185 Å². The van der Waals surface area contributed by atoms with E-state index in [1.807, 2.05) is 0 Å². The maximum Gasteiger partial charge on any atom is 0.322 e. The topological polar surface area (TPSA) is 217 Å². The second-order valence-corrected chi connectivity index (χ2v) is 7.18. The normalized spacial score (nSPS) is 13.5. The number of phenols is 1. The number of hydrogen-bond donors (Lipinski definition) is 8. The molecule has 1 aromatic rings. The number of benzene rings is 1. The first-order valence-electron chi connectivity index (χ1n) is 10.1. The van der Waals surface area contributed by atoms with Crippen LogP contribution >= 0.6 is 0 Å². The lowest BCUT2D eigenvalue weighted by Gasteiger charge is -2.23. The molecule has 12 nitrogen and oxygen atoms in total. The fraction of sp³-hybridized carbons (Fsp3) is 0.500. The minimum Gasteiger partial charge on any atom is -0.508 e. The quantitative estimate of drug-likeness (QED) is 0.140. The Morgan fingerprint density at radius 3 is 2.12 bits per heavy atom. The Morgan fingerprint density at radius 1 is 0.938 bits per heavy atom. The number of carbonyl (C=O) groups is 4. The van der Waals surface area contributed by atoms with Crippen LogP contribution in [0.25, 0.3) is 0 Å². The highest BCUT2D eigenvalue weighted by atomic mass is 16.4. The Bertz CT molecular complexity index is 772. The number of aliphatic hydroxyl groups excluding tert-OH is 1. The van der Waals surface area contributed by atoms with Crippen LogP contribution < -0.4 is 27.4 Å². The molecular formula is C20H31N5O7. The van der Waals surface area contributed by atoms with E-state index in [0.717, 1.165) is 0 Å². The number of amides is 3. The van der Waals surface area contributed by atoms with Gasteiger partial charge >= 0.3 is 5.97 Å². The van der Waals surface area contributed by atoms with E-state index in [2.05, 4.69) is 16.0 Å². The minimum absolute atomic E-state index is 0.0161. The van der Waals surface area contributed by atoms with Gasteiger partial charge in [0, 0.05) is 6.42 Å². The van der Waals surface area contributed by atoms with Crippen molar-refractivity contribution in [3.63, 3.8) is 0 Å². The zero-order valence-corrected chi connectivity index (χ0v) is 17.6. The number of unbranched alkanes of at least 4 members (excludes halogenated alkanes) is 1. The van der Waals surface area contributed by atoms with E-state index in [4.69, 9.17) is 16.6 Å². The summed E-state index contributed by atoms with van der Waals surface area (Å²) in [6.45, 7) is -1.00. The van der Waals surface area contributed by atoms with Gasteiger partial charge in [0.1, 0.15) is 24.4 Å². The molecule has 0 radical (unpaired) electrons. The minimum atomic E-state index is -1.42. The molecular weight excluding hydrogens is 422 g/mol. The molecule has 3 amide bonds. The molecule has 0 aliphatic heterocycles. The summed E-state index contributed by atoms with van der Waals surface area (Å²) in [5, 5.41) is 34.4. The van der Waals surface area contributed by atoms with E-state index in [1.165, 1.54) is 12.1 Å². The number of aliphatic hydroxyl groups is 1. The van der Waals surface area contributed by atoms with Gasteiger partial charge in [-0.25, -0.2) is 0 Å². The van der Waals surface area contributed by atoms with E-state index in [1.54, 1.807) is 12.1 Å². The highest BCUT2D eigenvalue weighted by molar-refractivity contribution is 5.93. The van der Waals surface area contributed by atoms with Gasteiger partial charge < -0.3 is 42.7 Å². The van der Waals surface area contributed by atoms with Crippen LogP contribution in [0, 0.1) is 0 Å². The number of aromatic hydroxyl groups is 1. The fourth-order valence-electron chi connectivity index (χ4n) is 2.75. The summed E-state index contributed by atoms with van der Waals surface area (Å²) in [5.74, 6) is -3.50. The van der Waals surface area contributed by atoms with Crippen LogP contribution in [-0.4, -0.2) is 76.8 Å². The summed E-state index contributed by atoms with van der Waals surface area (Å²) in [5.41, 5.74) is 11.9. The first kappa shape index (κ1) is 26.8. The van der Waals surface area contributed by atoms with Gasteiger partial charge in [-0.05, 0) is 37.1 Å². The third-order valence-electron chi connectivity index (χ3n) is 4.54. The van der Waals surface area contributed by atoms with E-state index in [-0.39, 0.29) is 12.2 Å². The summed E-state index contributed by atoms with van der Waals surface area (Å²) >= 11 is 0. The summed E-state index contributed by atoms with van der Waals surface area (Å²) in [6.07, 6.45) is 1.72. The van der Waals surface area contributed by atoms with Crippen molar-refractivity contribution < 1.29 is 34.5 Å². The van der Waals surface area contributed by atoms with Crippen LogP contribution in [0.15, 0.2) is 24.3 Å². The number of carboxylic acids is 1. The van der Waals surface area contributed by atoms with Crippen molar-refractivity contribution in [3.05, 3.63) is 29.8 Å². The van der Waals surface area contributed by atoms with Gasteiger partial charge in [0.2, 0.25) is 17.7 Å². The zero-order chi connectivity index (χ0) is 24.1. The Balaban J connectivity index is 2.90. The maximum atomic E-state index is 12.8. The molecule has 10 N–H and O–H groups in total. The number of nitrogens with two attached hydrogens (primary N) is 2.